The zero-order valence-corrected chi connectivity index (χ0v) is 16.8. The van der Waals surface area contributed by atoms with Gasteiger partial charge in [-0.2, -0.15) is 0 Å². The fourth-order valence-electron chi connectivity index (χ4n) is 2.86. The summed E-state index contributed by atoms with van der Waals surface area (Å²) in [6.45, 7) is 16.5. The van der Waals surface area contributed by atoms with E-state index < -0.39 is 5.41 Å². The number of rotatable bonds is 8. The summed E-state index contributed by atoms with van der Waals surface area (Å²) in [5.41, 5.74) is 1.78. The van der Waals surface area contributed by atoms with Crippen molar-refractivity contribution < 1.29 is 9.59 Å². The third kappa shape index (κ3) is 4.74. The number of amides is 2. The smallest absolute Gasteiger partial charge is 0.239 e. The van der Waals surface area contributed by atoms with Crippen molar-refractivity contribution in [3.63, 3.8) is 0 Å². The summed E-state index contributed by atoms with van der Waals surface area (Å²) < 4.78 is 0. The van der Waals surface area contributed by atoms with E-state index in [0.29, 0.717) is 13.1 Å². The Morgan fingerprint density at radius 1 is 1.00 bits per heavy atom. The van der Waals surface area contributed by atoms with Gasteiger partial charge in [0.2, 0.25) is 11.8 Å². The van der Waals surface area contributed by atoms with Gasteiger partial charge in [-0.1, -0.05) is 0 Å². The van der Waals surface area contributed by atoms with Crippen LogP contribution >= 0.6 is 0 Å². The number of carbonyl (C=O) groups excluding carboxylic acids is 2. The molecule has 1 aromatic carbocycles. The first kappa shape index (κ1) is 21.0. The largest absolute Gasteiger partial charge is 0.372 e. The Morgan fingerprint density at radius 2 is 1.56 bits per heavy atom. The zero-order chi connectivity index (χ0) is 19.2. The minimum atomic E-state index is -1.10. The lowest BCUT2D eigenvalue weighted by Gasteiger charge is -2.30. The van der Waals surface area contributed by atoms with Crippen molar-refractivity contribution in [2.45, 2.75) is 48.5 Å². The lowest BCUT2D eigenvalue weighted by atomic mass is 9.90. The highest BCUT2D eigenvalue weighted by molar-refractivity contribution is 6.10. The molecule has 0 aliphatic heterocycles. The Morgan fingerprint density at radius 3 is 2.00 bits per heavy atom. The first-order valence-corrected chi connectivity index (χ1v) is 9.19. The molecule has 5 nitrogen and oxygen atoms in total. The van der Waals surface area contributed by atoms with Gasteiger partial charge in [-0.05, 0) is 72.2 Å². The van der Waals surface area contributed by atoms with Crippen molar-refractivity contribution >= 4 is 23.2 Å². The summed E-state index contributed by atoms with van der Waals surface area (Å²) in [6.07, 6.45) is 0. The van der Waals surface area contributed by atoms with Crippen molar-refractivity contribution in [2.75, 3.05) is 36.4 Å². The highest BCUT2D eigenvalue weighted by atomic mass is 16.2. The third-order valence-corrected chi connectivity index (χ3v) is 4.74. The highest BCUT2D eigenvalue weighted by Crippen LogP contribution is 2.26. The normalized spacial score (nSPS) is 11.2. The van der Waals surface area contributed by atoms with Gasteiger partial charge < -0.3 is 15.1 Å². The summed E-state index contributed by atoms with van der Waals surface area (Å²) in [6, 6.07) is 6.00. The van der Waals surface area contributed by atoms with Crippen LogP contribution in [-0.2, 0) is 9.59 Å². The molecule has 5 heteroatoms. The monoisotopic (exact) mass is 347 g/mol. The van der Waals surface area contributed by atoms with E-state index in [0.717, 1.165) is 30.0 Å². The molecule has 1 N–H and O–H groups in total. The Kier molecular flexibility index (Phi) is 7.46. The van der Waals surface area contributed by atoms with Crippen LogP contribution in [0.3, 0.4) is 0 Å². The maximum atomic E-state index is 12.7. The minimum absolute atomic E-state index is 0.146. The van der Waals surface area contributed by atoms with Gasteiger partial charge in [0.15, 0.2) is 0 Å². The maximum Gasteiger partial charge on any atom is 0.239 e. The lowest BCUT2D eigenvalue weighted by molar-refractivity contribution is -0.146. The van der Waals surface area contributed by atoms with Gasteiger partial charge in [-0.15, -0.1) is 0 Å². The summed E-state index contributed by atoms with van der Waals surface area (Å²) >= 11 is 0. The molecule has 0 saturated heterocycles. The molecule has 0 radical (unpaired) electrons. The fourth-order valence-corrected chi connectivity index (χ4v) is 2.86. The molecular weight excluding hydrogens is 314 g/mol. The van der Waals surface area contributed by atoms with Crippen LogP contribution in [0.5, 0.6) is 0 Å². The van der Waals surface area contributed by atoms with Gasteiger partial charge >= 0.3 is 0 Å². The molecule has 1 aromatic rings. The Balaban J connectivity index is 2.98. The molecule has 0 aliphatic carbocycles. The van der Waals surface area contributed by atoms with Crippen LogP contribution in [0.25, 0.3) is 0 Å². The van der Waals surface area contributed by atoms with Crippen molar-refractivity contribution in [1.82, 2.24) is 4.90 Å². The molecule has 0 heterocycles. The summed E-state index contributed by atoms with van der Waals surface area (Å²) in [7, 11) is 0. The van der Waals surface area contributed by atoms with Crippen molar-refractivity contribution in [3.05, 3.63) is 23.8 Å². The van der Waals surface area contributed by atoms with Crippen LogP contribution in [0.2, 0.25) is 0 Å². The van der Waals surface area contributed by atoms with Gasteiger partial charge in [-0.25, -0.2) is 0 Å². The molecule has 0 unspecified atom stereocenters. The van der Waals surface area contributed by atoms with E-state index in [1.165, 1.54) is 0 Å². The number of carbonyl (C=O) groups is 2. The van der Waals surface area contributed by atoms with Gasteiger partial charge in [0.25, 0.3) is 0 Å². The van der Waals surface area contributed by atoms with E-state index in [-0.39, 0.29) is 11.8 Å². The Bertz CT molecular complexity index is 603. The highest BCUT2D eigenvalue weighted by Gasteiger charge is 2.38. The van der Waals surface area contributed by atoms with E-state index in [4.69, 9.17) is 0 Å². The number of hydrogen-bond donors (Lipinski definition) is 1. The maximum absolute atomic E-state index is 12.7. The SMILES string of the molecule is CCN(CC)C(=O)C(C)(C)C(=O)Nc1ccc(N(CC)CC)cc1C. The fraction of sp³-hybridized carbons (Fsp3) is 0.600. The second kappa shape index (κ2) is 8.88. The number of nitrogens with zero attached hydrogens (tertiary/aromatic N) is 2. The molecule has 140 valence electrons. The first-order chi connectivity index (χ1) is 11.7. The predicted octanol–water partition coefficient (Wildman–Crippen LogP) is 3.67. The first-order valence-electron chi connectivity index (χ1n) is 9.19. The van der Waals surface area contributed by atoms with E-state index in [9.17, 15) is 9.59 Å². The average Bonchev–Trinajstić information content (AvgIpc) is 2.59. The van der Waals surface area contributed by atoms with Crippen LogP contribution < -0.4 is 10.2 Å². The molecule has 0 aromatic heterocycles. The van der Waals surface area contributed by atoms with Crippen molar-refractivity contribution in [3.8, 4) is 0 Å². The molecule has 0 spiro atoms. The molecule has 25 heavy (non-hydrogen) atoms. The van der Waals surface area contributed by atoms with Crippen LogP contribution in [0.4, 0.5) is 11.4 Å². The minimum Gasteiger partial charge on any atom is -0.372 e. The van der Waals surface area contributed by atoms with Gasteiger partial charge in [0, 0.05) is 37.6 Å². The number of anilines is 2. The van der Waals surface area contributed by atoms with Crippen LogP contribution in [-0.4, -0.2) is 42.9 Å². The standard InChI is InChI=1S/C20H33N3O2/c1-8-22(9-2)16-12-13-17(15(5)14-16)21-18(24)20(6,7)19(25)23(10-3)11-4/h12-14H,8-11H2,1-7H3,(H,21,24). The van der Waals surface area contributed by atoms with E-state index in [1.54, 1.807) is 18.7 Å². The number of benzene rings is 1. The van der Waals surface area contributed by atoms with Crippen LogP contribution in [0.15, 0.2) is 18.2 Å². The van der Waals surface area contributed by atoms with Gasteiger partial charge in [0.05, 0.1) is 0 Å². The van der Waals surface area contributed by atoms with Gasteiger partial charge in [-0.3, -0.25) is 9.59 Å². The summed E-state index contributed by atoms with van der Waals surface area (Å²) in [4.78, 5) is 29.3. The number of nitrogens with one attached hydrogen (secondary N) is 1. The molecule has 0 bridgehead atoms. The quantitative estimate of drug-likeness (QED) is 0.730. The van der Waals surface area contributed by atoms with Crippen LogP contribution in [0, 0.1) is 12.3 Å². The molecule has 0 fully saturated rings. The van der Waals surface area contributed by atoms with Crippen LogP contribution in [0.1, 0.15) is 47.1 Å². The molecule has 0 saturated carbocycles. The Hall–Kier alpha value is -2.04. The second-order valence-electron chi connectivity index (χ2n) is 6.73. The van der Waals surface area contributed by atoms with E-state index >= 15 is 0 Å². The molecular formula is C20H33N3O2. The average molecular weight is 348 g/mol. The zero-order valence-electron chi connectivity index (χ0n) is 16.8. The Labute approximate surface area is 152 Å². The van der Waals surface area contributed by atoms with Crippen molar-refractivity contribution in [1.29, 1.82) is 0 Å². The topological polar surface area (TPSA) is 52.7 Å². The molecule has 1 rings (SSSR count). The van der Waals surface area contributed by atoms with E-state index in [1.807, 2.05) is 32.9 Å². The molecule has 0 atom stereocenters. The second-order valence-corrected chi connectivity index (χ2v) is 6.73. The molecule has 2 amide bonds. The lowest BCUT2D eigenvalue weighted by Crippen LogP contribution is -2.47. The number of aryl methyl sites for hydroxylation is 1. The summed E-state index contributed by atoms with van der Waals surface area (Å²) in [5.74, 6) is -0.421. The third-order valence-electron chi connectivity index (χ3n) is 4.74. The van der Waals surface area contributed by atoms with E-state index in [2.05, 4.69) is 30.1 Å². The predicted molar refractivity (Wildman–Crippen MR) is 105 cm³/mol. The number of hydrogen-bond acceptors (Lipinski definition) is 3. The molecule has 0 aliphatic rings. The summed E-state index contributed by atoms with van der Waals surface area (Å²) in [5, 5.41) is 2.93. The van der Waals surface area contributed by atoms with Crippen molar-refractivity contribution in [2.24, 2.45) is 5.41 Å². The van der Waals surface area contributed by atoms with Gasteiger partial charge in [0.1, 0.15) is 5.41 Å².